The molecule has 1 saturated carbocycles. The summed E-state index contributed by atoms with van der Waals surface area (Å²) >= 11 is 0. The number of nitrogens with zero attached hydrogens (tertiary/aromatic N) is 2. The van der Waals surface area contributed by atoms with Crippen molar-refractivity contribution in [2.45, 2.75) is 37.5 Å². The lowest BCUT2D eigenvalue weighted by Crippen LogP contribution is -2.34. The molecule has 5 heteroatoms. The Balaban J connectivity index is 1.75. The first-order valence-corrected chi connectivity index (χ1v) is 8.83. The molecule has 1 aliphatic carbocycles. The first-order chi connectivity index (χ1) is 12.4. The van der Waals surface area contributed by atoms with Crippen molar-refractivity contribution in [1.82, 2.24) is 9.78 Å². The molecular weight excluding hydrogens is 331 g/mol. The summed E-state index contributed by atoms with van der Waals surface area (Å²) in [5, 5.41) is 15.4. The Morgan fingerprint density at radius 1 is 1.35 bits per heavy atom. The molecule has 26 heavy (non-hydrogen) atoms. The summed E-state index contributed by atoms with van der Waals surface area (Å²) < 4.78 is 15.9. The first-order valence-electron chi connectivity index (χ1n) is 8.83. The number of carboxylic acids is 1. The summed E-state index contributed by atoms with van der Waals surface area (Å²) in [5.41, 5.74) is 2.18. The standard InChI is InChI=1S/C21H21FN2O2/c1-13-17(4-3-5-18(13)22)21(20(25)26)9-8-15(11-21)14-6-7-16-12-23-24(2)19(16)10-14/h3-7,10,12,15H,8-9,11H2,1-2H3,(H,25,26). The van der Waals surface area contributed by atoms with E-state index >= 15 is 0 Å². The monoisotopic (exact) mass is 352 g/mol. The van der Waals surface area contributed by atoms with Gasteiger partial charge >= 0.3 is 5.97 Å². The molecule has 4 rings (SSSR count). The number of rotatable bonds is 3. The Kier molecular flexibility index (Phi) is 3.83. The van der Waals surface area contributed by atoms with Crippen LogP contribution >= 0.6 is 0 Å². The van der Waals surface area contributed by atoms with Gasteiger partial charge in [-0.2, -0.15) is 5.10 Å². The average Bonchev–Trinajstić information content (AvgIpc) is 3.23. The molecule has 134 valence electrons. The number of fused-ring (bicyclic) bond motifs is 1. The molecule has 1 fully saturated rings. The van der Waals surface area contributed by atoms with Gasteiger partial charge in [-0.05, 0) is 60.9 Å². The van der Waals surface area contributed by atoms with Crippen molar-refractivity contribution in [2.75, 3.05) is 0 Å². The zero-order chi connectivity index (χ0) is 18.5. The molecule has 2 atom stereocenters. The highest BCUT2D eigenvalue weighted by atomic mass is 19.1. The van der Waals surface area contributed by atoms with Crippen LogP contribution in [0.3, 0.4) is 0 Å². The molecule has 4 nitrogen and oxygen atoms in total. The van der Waals surface area contributed by atoms with Gasteiger partial charge in [-0.1, -0.05) is 24.3 Å². The number of hydrogen-bond acceptors (Lipinski definition) is 2. The molecule has 2 aromatic carbocycles. The highest BCUT2D eigenvalue weighted by molar-refractivity contribution is 5.83. The third-order valence-electron chi connectivity index (χ3n) is 5.95. The maximum absolute atomic E-state index is 14.1. The predicted octanol–water partition coefficient (Wildman–Crippen LogP) is 4.31. The van der Waals surface area contributed by atoms with E-state index in [2.05, 4.69) is 17.2 Å². The molecule has 0 saturated heterocycles. The van der Waals surface area contributed by atoms with E-state index in [9.17, 15) is 14.3 Å². The van der Waals surface area contributed by atoms with Crippen molar-refractivity contribution in [3.8, 4) is 0 Å². The summed E-state index contributed by atoms with van der Waals surface area (Å²) in [6.07, 6.45) is 3.59. The van der Waals surface area contributed by atoms with Crippen LogP contribution in [-0.4, -0.2) is 20.9 Å². The van der Waals surface area contributed by atoms with Crippen molar-refractivity contribution >= 4 is 16.9 Å². The Labute approximate surface area is 151 Å². The number of aliphatic carboxylic acids is 1. The topological polar surface area (TPSA) is 55.1 Å². The molecule has 0 bridgehead atoms. The molecule has 0 radical (unpaired) electrons. The van der Waals surface area contributed by atoms with Crippen LogP contribution in [0.15, 0.2) is 42.6 Å². The molecule has 2 unspecified atom stereocenters. The normalized spacial score (nSPS) is 22.8. The Morgan fingerprint density at radius 2 is 2.15 bits per heavy atom. The van der Waals surface area contributed by atoms with Crippen molar-refractivity contribution in [3.63, 3.8) is 0 Å². The lowest BCUT2D eigenvalue weighted by molar-refractivity contribution is -0.143. The number of aromatic nitrogens is 2. The van der Waals surface area contributed by atoms with Crippen molar-refractivity contribution in [3.05, 3.63) is 65.1 Å². The lowest BCUT2D eigenvalue weighted by atomic mass is 9.75. The fourth-order valence-corrected chi connectivity index (χ4v) is 4.42. The SMILES string of the molecule is Cc1c(F)cccc1C1(C(=O)O)CCC(c2ccc3cnn(C)c3c2)C1. The van der Waals surface area contributed by atoms with E-state index in [0.717, 1.165) is 22.9 Å². The minimum atomic E-state index is -1.03. The van der Waals surface area contributed by atoms with Crippen molar-refractivity contribution in [2.24, 2.45) is 7.05 Å². The Hall–Kier alpha value is -2.69. The second kappa shape index (κ2) is 5.94. The largest absolute Gasteiger partial charge is 0.481 e. The lowest BCUT2D eigenvalue weighted by Gasteiger charge is -2.27. The number of carboxylic acid groups (broad SMARTS) is 1. The van der Waals surface area contributed by atoms with Gasteiger partial charge in [0.25, 0.3) is 0 Å². The van der Waals surface area contributed by atoms with Crippen LogP contribution < -0.4 is 0 Å². The van der Waals surface area contributed by atoms with E-state index in [1.165, 1.54) is 6.07 Å². The summed E-state index contributed by atoms with van der Waals surface area (Å²) in [5.74, 6) is -1.08. The summed E-state index contributed by atoms with van der Waals surface area (Å²) in [6.45, 7) is 1.67. The van der Waals surface area contributed by atoms with Gasteiger partial charge in [-0.15, -0.1) is 0 Å². The van der Waals surface area contributed by atoms with Crippen LogP contribution in [0.5, 0.6) is 0 Å². The van der Waals surface area contributed by atoms with Crippen LogP contribution in [-0.2, 0) is 17.3 Å². The predicted molar refractivity (Wildman–Crippen MR) is 97.8 cm³/mol. The first kappa shape index (κ1) is 16.8. The smallest absolute Gasteiger partial charge is 0.314 e. The number of aryl methyl sites for hydroxylation is 1. The van der Waals surface area contributed by atoms with Gasteiger partial charge in [0.15, 0.2) is 0 Å². The zero-order valence-electron chi connectivity index (χ0n) is 14.9. The molecule has 0 amide bonds. The molecule has 1 aliphatic rings. The van der Waals surface area contributed by atoms with Crippen molar-refractivity contribution < 1.29 is 14.3 Å². The number of hydrogen-bond donors (Lipinski definition) is 1. The van der Waals surface area contributed by atoms with Gasteiger partial charge < -0.3 is 5.11 Å². The highest BCUT2D eigenvalue weighted by Crippen LogP contribution is 2.49. The Bertz CT molecular complexity index is 1010. The van der Waals surface area contributed by atoms with Crippen LogP contribution in [0.25, 0.3) is 10.9 Å². The quantitative estimate of drug-likeness (QED) is 0.764. The van der Waals surface area contributed by atoms with Gasteiger partial charge in [0, 0.05) is 12.4 Å². The molecule has 1 aromatic heterocycles. The van der Waals surface area contributed by atoms with Crippen LogP contribution in [0.4, 0.5) is 4.39 Å². The summed E-state index contributed by atoms with van der Waals surface area (Å²) in [6, 6.07) is 11.0. The molecule has 1 N–H and O–H groups in total. The fraction of sp³-hybridized carbons (Fsp3) is 0.333. The van der Waals surface area contributed by atoms with Gasteiger partial charge in [0.1, 0.15) is 5.82 Å². The van der Waals surface area contributed by atoms with Gasteiger partial charge in [0.05, 0.1) is 17.1 Å². The van der Waals surface area contributed by atoms with Crippen molar-refractivity contribution in [1.29, 1.82) is 0 Å². The molecule has 1 heterocycles. The summed E-state index contributed by atoms with van der Waals surface area (Å²) in [4.78, 5) is 12.3. The minimum Gasteiger partial charge on any atom is -0.481 e. The van der Waals surface area contributed by atoms with Gasteiger partial charge in [0.2, 0.25) is 0 Å². The third-order valence-corrected chi connectivity index (χ3v) is 5.95. The molecular formula is C21H21FN2O2. The van der Waals surface area contributed by atoms with E-state index in [1.54, 1.807) is 19.1 Å². The maximum Gasteiger partial charge on any atom is 0.314 e. The fourth-order valence-electron chi connectivity index (χ4n) is 4.42. The van der Waals surface area contributed by atoms with Crippen LogP contribution in [0.1, 0.15) is 41.9 Å². The number of halogens is 1. The Morgan fingerprint density at radius 3 is 2.92 bits per heavy atom. The van der Waals surface area contributed by atoms with E-state index < -0.39 is 11.4 Å². The second-order valence-electron chi connectivity index (χ2n) is 7.33. The van der Waals surface area contributed by atoms with Gasteiger partial charge in [-0.3, -0.25) is 9.48 Å². The van der Waals surface area contributed by atoms with E-state index in [1.807, 2.05) is 24.0 Å². The number of carbonyl (C=O) groups is 1. The molecule has 3 aromatic rings. The van der Waals surface area contributed by atoms with E-state index in [-0.39, 0.29) is 11.7 Å². The highest BCUT2D eigenvalue weighted by Gasteiger charge is 2.48. The van der Waals surface area contributed by atoms with E-state index in [4.69, 9.17) is 0 Å². The second-order valence-corrected chi connectivity index (χ2v) is 7.33. The number of benzene rings is 2. The van der Waals surface area contributed by atoms with E-state index in [0.29, 0.717) is 24.0 Å². The minimum absolute atomic E-state index is 0.132. The summed E-state index contributed by atoms with van der Waals surface area (Å²) in [7, 11) is 1.90. The molecule has 0 spiro atoms. The van der Waals surface area contributed by atoms with Crippen LogP contribution in [0.2, 0.25) is 0 Å². The third kappa shape index (κ3) is 2.42. The maximum atomic E-state index is 14.1. The molecule has 0 aliphatic heterocycles. The van der Waals surface area contributed by atoms with Crippen LogP contribution in [0, 0.1) is 12.7 Å². The average molecular weight is 352 g/mol. The zero-order valence-corrected chi connectivity index (χ0v) is 14.9. The van der Waals surface area contributed by atoms with Gasteiger partial charge in [-0.25, -0.2) is 4.39 Å².